The van der Waals surface area contributed by atoms with Crippen LogP contribution in [0, 0.1) is 5.92 Å². The number of rotatable bonds is 2. The number of aromatic amines is 1. The van der Waals surface area contributed by atoms with Gasteiger partial charge in [0.25, 0.3) is 0 Å². The molecule has 0 aromatic carbocycles. The number of aryl methyl sites for hydroxylation is 1. The van der Waals surface area contributed by atoms with Gasteiger partial charge >= 0.3 is 0 Å². The molecule has 2 aromatic heterocycles. The zero-order valence-electron chi connectivity index (χ0n) is 8.94. The van der Waals surface area contributed by atoms with Gasteiger partial charge in [0.05, 0.1) is 16.9 Å². The van der Waals surface area contributed by atoms with Crippen molar-refractivity contribution in [2.75, 3.05) is 6.61 Å². The number of aliphatic hydroxyl groups excluding tert-OH is 1. The van der Waals surface area contributed by atoms with Crippen molar-refractivity contribution in [1.29, 1.82) is 0 Å². The Kier molecular flexibility index (Phi) is 2.53. The molecule has 4 heteroatoms. The van der Waals surface area contributed by atoms with E-state index in [0.29, 0.717) is 12.5 Å². The minimum absolute atomic E-state index is 0.296. The number of nitrogens with one attached hydrogen (secondary N) is 1. The first-order valence-corrected chi connectivity index (χ1v) is 6.51. The summed E-state index contributed by atoms with van der Waals surface area (Å²) in [5.41, 5.74) is 6.68. The Morgan fingerprint density at radius 2 is 2.50 bits per heavy atom. The standard InChI is InChI=1S/C12H14N2OS/c15-5-8-1-2-9-4-11(14-10(9)3-8)12-6-16-7-13-12/h4,6-8,14-15H,1-3,5H2. The van der Waals surface area contributed by atoms with E-state index < -0.39 is 0 Å². The molecule has 84 valence electrons. The van der Waals surface area contributed by atoms with E-state index in [2.05, 4.69) is 21.4 Å². The molecule has 0 bridgehead atoms. The Morgan fingerprint density at radius 3 is 3.25 bits per heavy atom. The number of thiazole rings is 1. The van der Waals surface area contributed by atoms with Crippen LogP contribution in [0.4, 0.5) is 0 Å². The highest BCUT2D eigenvalue weighted by Crippen LogP contribution is 2.29. The van der Waals surface area contributed by atoms with Gasteiger partial charge in [-0.15, -0.1) is 11.3 Å². The summed E-state index contributed by atoms with van der Waals surface area (Å²) in [4.78, 5) is 7.74. The number of nitrogens with zero attached hydrogens (tertiary/aromatic N) is 1. The predicted octanol–water partition coefficient (Wildman–Crippen LogP) is 2.24. The summed E-state index contributed by atoms with van der Waals surface area (Å²) in [6.45, 7) is 0.296. The summed E-state index contributed by atoms with van der Waals surface area (Å²) in [6.07, 6.45) is 3.13. The average molecular weight is 234 g/mol. The van der Waals surface area contributed by atoms with Crippen molar-refractivity contribution in [3.05, 3.63) is 28.2 Å². The van der Waals surface area contributed by atoms with Crippen LogP contribution in [0.2, 0.25) is 0 Å². The van der Waals surface area contributed by atoms with Gasteiger partial charge in [-0.25, -0.2) is 4.98 Å². The predicted molar refractivity (Wildman–Crippen MR) is 64.5 cm³/mol. The summed E-state index contributed by atoms with van der Waals surface area (Å²) in [5, 5.41) is 11.2. The van der Waals surface area contributed by atoms with Crippen molar-refractivity contribution < 1.29 is 5.11 Å². The molecule has 0 saturated carbocycles. The summed E-state index contributed by atoms with van der Waals surface area (Å²) in [6, 6.07) is 2.21. The second-order valence-electron chi connectivity index (χ2n) is 4.35. The highest BCUT2D eigenvalue weighted by molar-refractivity contribution is 7.07. The first kappa shape index (κ1) is 10.1. The SMILES string of the molecule is OCC1CCc2cc(-c3cscn3)[nH]c2C1. The monoisotopic (exact) mass is 234 g/mol. The number of hydrogen-bond acceptors (Lipinski definition) is 3. The van der Waals surface area contributed by atoms with Crippen LogP contribution in [0.5, 0.6) is 0 Å². The fourth-order valence-corrected chi connectivity index (χ4v) is 2.89. The maximum absolute atomic E-state index is 9.18. The van der Waals surface area contributed by atoms with Crippen molar-refractivity contribution in [1.82, 2.24) is 9.97 Å². The van der Waals surface area contributed by atoms with E-state index in [9.17, 15) is 5.11 Å². The summed E-state index contributed by atoms with van der Waals surface area (Å²) < 4.78 is 0. The lowest BCUT2D eigenvalue weighted by atomic mass is 9.89. The van der Waals surface area contributed by atoms with Gasteiger partial charge in [-0.2, -0.15) is 0 Å². The molecule has 0 spiro atoms. The van der Waals surface area contributed by atoms with Crippen LogP contribution in [0.1, 0.15) is 17.7 Å². The van der Waals surface area contributed by atoms with Crippen molar-refractivity contribution in [3.8, 4) is 11.4 Å². The van der Waals surface area contributed by atoms with Gasteiger partial charge in [-0.05, 0) is 36.8 Å². The number of H-pyrrole nitrogens is 1. The number of hydrogen-bond donors (Lipinski definition) is 2. The van der Waals surface area contributed by atoms with Crippen molar-refractivity contribution in [2.24, 2.45) is 5.92 Å². The van der Waals surface area contributed by atoms with Crippen LogP contribution < -0.4 is 0 Å². The maximum Gasteiger partial charge on any atom is 0.0973 e. The molecule has 0 radical (unpaired) electrons. The Bertz CT molecular complexity index is 475. The molecular formula is C12H14N2OS. The van der Waals surface area contributed by atoms with Crippen LogP contribution in [0.15, 0.2) is 17.0 Å². The molecule has 3 nitrogen and oxygen atoms in total. The van der Waals surface area contributed by atoms with Crippen LogP contribution >= 0.6 is 11.3 Å². The minimum atomic E-state index is 0.296. The normalized spacial score (nSPS) is 19.7. The third kappa shape index (κ3) is 1.68. The molecule has 2 aromatic rings. The highest BCUT2D eigenvalue weighted by atomic mass is 32.1. The molecule has 1 aliphatic rings. The van der Waals surface area contributed by atoms with E-state index in [1.165, 1.54) is 11.3 Å². The largest absolute Gasteiger partial charge is 0.396 e. The highest BCUT2D eigenvalue weighted by Gasteiger charge is 2.20. The zero-order chi connectivity index (χ0) is 11.0. The molecule has 0 saturated heterocycles. The molecular weight excluding hydrogens is 220 g/mol. The Labute approximate surface area is 98.2 Å². The van der Waals surface area contributed by atoms with E-state index >= 15 is 0 Å². The smallest absolute Gasteiger partial charge is 0.0973 e. The first-order chi connectivity index (χ1) is 7.86. The third-order valence-corrected chi connectivity index (χ3v) is 3.86. The number of aromatic nitrogens is 2. The zero-order valence-corrected chi connectivity index (χ0v) is 9.76. The Balaban J connectivity index is 1.92. The van der Waals surface area contributed by atoms with Crippen LogP contribution in [-0.2, 0) is 12.8 Å². The second kappa shape index (κ2) is 4.03. The molecule has 16 heavy (non-hydrogen) atoms. The van der Waals surface area contributed by atoms with E-state index in [1.54, 1.807) is 11.3 Å². The maximum atomic E-state index is 9.18. The number of fused-ring (bicyclic) bond motifs is 1. The van der Waals surface area contributed by atoms with Gasteiger partial charge < -0.3 is 10.1 Å². The average Bonchev–Trinajstić information content (AvgIpc) is 2.96. The van der Waals surface area contributed by atoms with Gasteiger partial charge in [0.1, 0.15) is 0 Å². The Hall–Kier alpha value is -1.13. The molecule has 0 amide bonds. The molecule has 1 unspecified atom stereocenters. The summed E-state index contributed by atoms with van der Waals surface area (Å²) >= 11 is 1.61. The van der Waals surface area contributed by atoms with Gasteiger partial charge in [-0.3, -0.25) is 0 Å². The lowest BCUT2D eigenvalue weighted by Gasteiger charge is -2.19. The minimum Gasteiger partial charge on any atom is -0.396 e. The second-order valence-corrected chi connectivity index (χ2v) is 5.07. The topological polar surface area (TPSA) is 48.9 Å². The van der Waals surface area contributed by atoms with E-state index in [4.69, 9.17) is 0 Å². The van der Waals surface area contributed by atoms with E-state index in [0.717, 1.165) is 30.7 Å². The van der Waals surface area contributed by atoms with Gasteiger partial charge in [0, 0.05) is 17.7 Å². The molecule has 2 N–H and O–H groups in total. The Morgan fingerprint density at radius 1 is 1.56 bits per heavy atom. The molecule has 0 aliphatic heterocycles. The van der Waals surface area contributed by atoms with Crippen molar-refractivity contribution >= 4 is 11.3 Å². The lowest BCUT2D eigenvalue weighted by Crippen LogP contribution is -2.16. The summed E-state index contributed by atoms with van der Waals surface area (Å²) in [7, 11) is 0. The third-order valence-electron chi connectivity index (χ3n) is 3.27. The van der Waals surface area contributed by atoms with Gasteiger partial charge in [-0.1, -0.05) is 0 Å². The van der Waals surface area contributed by atoms with Crippen LogP contribution in [-0.4, -0.2) is 21.7 Å². The van der Waals surface area contributed by atoms with E-state index in [1.807, 2.05) is 5.51 Å². The van der Waals surface area contributed by atoms with Crippen molar-refractivity contribution in [2.45, 2.75) is 19.3 Å². The fourth-order valence-electron chi connectivity index (χ4n) is 2.34. The molecule has 0 fully saturated rings. The van der Waals surface area contributed by atoms with Crippen LogP contribution in [0.25, 0.3) is 11.4 Å². The molecule has 1 aliphatic carbocycles. The van der Waals surface area contributed by atoms with Gasteiger partial charge in [0.2, 0.25) is 0 Å². The lowest BCUT2D eigenvalue weighted by molar-refractivity contribution is 0.212. The van der Waals surface area contributed by atoms with E-state index in [-0.39, 0.29) is 0 Å². The fraction of sp³-hybridized carbons (Fsp3) is 0.417. The quantitative estimate of drug-likeness (QED) is 0.837. The molecule has 1 atom stereocenters. The molecule has 2 heterocycles. The summed E-state index contributed by atoms with van der Waals surface area (Å²) in [5.74, 6) is 0.425. The van der Waals surface area contributed by atoms with Crippen LogP contribution in [0.3, 0.4) is 0 Å². The van der Waals surface area contributed by atoms with Crippen molar-refractivity contribution in [3.63, 3.8) is 0 Å². The molecule has 3 rings (SSSR count). The first-order valence-electron chi connectivity index (χ1n) is 5.57. The number of aliphatic hydroxyl groups is 1. The van der Waals surface area contributed by atoms with Gasteiger partial charge in [0.15, 0.2) is 0 Å².